The molecule has 2 nitrogen and oxygen atoms in total. The quantitative estimate of drug-likeness (QED) is 0.401. The topological polar surface area (TPSA) is 32.6 Å². The maximum atomic E-state index is 8.78. The van der Waals surface area contributed by atoms with Crippen molar-refractivity contribution in [3.63, 3.8) is 0 Å². The van der Waals surface area contributed by atoms with Crippen LogP contribution in [-0.4, -0.2) is 10.9 Å². The maximum Gasteiger partial charge on any atom is 0.0570 e. The fraction of sp³-hybridized carbons (Fsp3) is 0.944. The summed E-state index contributed by atoms with van der Waals surface area (Å²) in [6.45, 7) is 0. The van der Waals surface area contributed by atoms with Gasteiger partial charge in [-0.15, -0.1) is 0 Å². The van der Waals surface area contributed by atoms with Crippen LogP contribution in [0.15, 0.2) is 5.16 Å². The Bertz CT molecular complexity index is 208. The number of nitrogens with zero attached hydrogens (tertiary/aromatic N) is 1. The summed E-state index contributed by atoms with van der Waals surface area (Å²) in [5, 5.41) is 12.2. The summed E-state index contributed by atoms with van der Waals surface area (Å²) in [7, 11) is 0. The van der Waals surface area contributed by atoms with Crippen molar-refractivity contribution in [1.29, 1.82) is 0 Å². The van der Waals surface area contributed by atoms with E-state index in [1.807, 2.05) is 0 Å². The largest absolute Gasteiger partial charge is 0.411 e. The highest BCUT2D eigenvalue weighted by Gasteiger charge is 2.02. The molecule has 0 amide bonds. The van der Waals surface area contributed by atoms with Gasteiger partial charge in [0, 0.05) is 0 Å². The van der Waals surface area contributed by atoms with Gasteiger partial charge >= 0.3 is 0 Å². The zero-order valence-corrected chi connectivity index (χ0v) is 13.4. The molecule has 1 N–H and O–H groups in total. The molecule has 2 fully saturated rings. The van der Waals surface area contributed by atoms with Crippen molar-refractivity contribution in [3.8, 4) is 0 Å². The van der Waals surface area contributed by atoms with Crippen LogP contribution in [0.2, 0.25) is 0 Å². The van der Waals surface area contributed by atoms with Crippen molar-refractivity contribution in [2.75, 3.05) is 0 Å². The normalized spacial score (nSPS) is 22.7. The molecule has 0 heterocycles. The van der Waals surface area contributed by atoms with Crippen molar-refractivity contribution in [1.82, 2.24) is 0 Å². The number of oxime groups is 1. The molecule has 0 spiro atoms. The van der Waals surface area contributed by atoms with Gasteiger partial charge < -0.3 is 5.21 Å². The predicted octanol–water partition coefficient (Wildman–Crippen LogP) is 6.46. The summed E-state index contributed by atoms with van der Waals surface area (Å²) in [6, 6.07) is 0. The SMILES string of the molecule is C1CCCCC1.ON=C1CCCCCCCCCCC1. The van der Waals surface area contributed by atoms with E-state index in [9.17, 15) is 0 Å². The molecule has 0 atom stereocenters. The molecule has 2 aliphatic carbocycles. The maximum absolute atomic E-state index is 8.78. The van der Waals surface area contributed by atoms with Crippen LogP contribution in [0.5, 0.6) is 0 Å². The third-order valence-corrected chi connectivity index (χ3v) is 4.57. The van der Waals surface area contributed by atoms with Crippen molar-refractivity contribution in [2.45, 2.75) is 109 Å². The van der Waals surface area contributed by atoms with Crippen LogP contribution < -0.4 is 0 Å². The first-order valence-corrected chi connectivity index (χ1v) is 9.13. The monoisotopic (exact) mass is 281 g/mol. The molecule has 0 aromatic heterocycles. The van der Waals surface area contributed by atoms with Gasteiger partial charge in [0.2, 0.25) is 0 Å². The average Bonchev–Trinajstić information content (AvgIpc) is 2.50. The Kier molecular flexibility index (Phi) is 11.8. The molecule has 0 aliphatic heterocycles. The highest BCUT2D eigenvalue weighted by Crippen LogP contribution is 2.16. The minimum absolute atomic E-state index is 1.01. The van der Waals surface area contributed by atoms with Crippen LogP contribution >= 0.6 is 0 Å². The van der Waals surface area contributed by atoms with Crippen LogP contribution in [0.1, 0.15) is 109 Å². The van der Waals surface area contributed by atoms with E-state index in [4.69, 9.17) is 5.21 Å². The molecule has 0 aromatic carbocycles. The zero-order chi connectivity index (χ0) is 14.3. The Morgan fingerprint density at radius 2 is 0.700 bits per heavy atom. The van der Waals surface area contributed by atoms with Gasteiger partial charge in [-0.3, -0.25) is 0 Å². The first-order valence-electron chi connectivity index (χ1n) is 9.13. The highest BCUT2D eigenvalue weighted by atomic mass is 16.4. The van der Waals surface area contributed by atoms with Gasteiger partial charge in [0.15, 0.2) is 0 Å². The van der Waals surface area contributed by atoms with Gasteiger partial charge in [-0.1, -0.05) is 88.6 Å². The highest BCUT2D eigenvalue weighted by molar-refractivity contribution is 5.83. The predicted molar refractivity (Wildman–Crippen MR) is 87.7 cm³/mol. The van der Waals surface area contributed by atoms with Crippen LogP contribution in [-0.2, 0) is 0 Å². The van der Waals surface area contributed by atoms with Gasteiger partial charge in [-0.25, -0.2) is 0 Å². The lowest BCUT2D eigenvalue weighted by atomic mass is 10.00. The van der Waals surface area contributed by atoms with Crippen LogP contribution in [0.3, 0.4) is 0 Å². The Morgan fingerprint density at radius 3 is 0.950 bits per heavy atom. The Balaban J connectivity index is 0.000000276. The van der Waals surface area contributed by atoms with E-state index >= 15 is 0 Å². The van der Waals surface area contributed by atoms with Crippen LogP contribution in [0.25, 0.3) is 0 Å². The van der Waals surface area contributed by atoms with E-state index in [0.29, 0.717) is 0 Å². The molecule has 20 heavy (non-hydrogen) atoms. The van der Waals surface area contributed by atoms with Crippen molar-refractivity contribution < 1.29 is 5.21 Å². The Morgan fingerprint density at radius 1 is 0.450 bits per heavy atom. The van der Waals surface area contributed by atoms with Crippen molar-refractivity contribution >= 4 is 5.71 Å². The van der Waals surface area contributed by atoms with E-state index in [2.05, 4.69) is 5.16 Å². The summed E-state index contributed by atoms with van der Waals surface area (Å²) < 4.78 is 0. The Hall–Kier alpha value is -0.530. The second-order valence-corrected chi connectivity index (χ2v) is 6.47. The smallest absolute Gasteiger partial charge is 0.0570 e. The summed E-state index contributed by atoms with van der Waals surface area (Å²) in [5.74, 6) is 0. The first-order chi connectivity index (χ1) is 9.93. The van der Waals surface area contributed by atoms with Gasteiger partial charge in [0.25, 0.3) is 0 Å². The lowest BCUT2D eigenvalue weighted by Crippen LogP contribution is -1.99. The minimum Gasteiger partial charge on any atom is -0.411 e. The number of rotatable bonds is 0. The van der Waals surface area contributed by atoms with Gasteiger partial charge in [-0.2, -0.15) is 0 Å². The molecule has 118 valence electrons. The van der Waals surface area contributed by atoms with E-state index in [-0.39, 0.29) is 0 Å². The minimum atomic E-state index is 1.01. The molecule has 0 radical (unpaired) electrons. The molecule has 2 rings (SSSR count). The summed E-state index contributed by atoms with van der Waals surface area (Å²) in [6.07, 6.45) is 23.0. The second kappa shape index (κ2) is 13.5. The average molecular weight is 281 g/mol. The first kappa shape index (κ1) is 17.5. The third-order valence-electron chi connectivity index (χ3n) is 4.57. The standard InChI is InChI=1S/C12H23NO.C6H12/c14-13-12-10-8-6-4-2-1-3-5-7-9-11-12;1-2-4-6-5-3-1/h14H,1-11H2;1-6H2. The molecular weight excluding hydrogens is 246 g/mol. The molecule has 0 aromatic rings. The lowest BCUT2D eigenvalue weighted by molar-refractivity contribution is 0.315. The molecule has 2 saturated carbocycles. The summed E-state index contributed by atoms with van der Waals surface area (Å²) in [4.78, 5) is 0. The third kappa shape index (κ3) is 10.3. The van der Waals surface area contributed by atoms with Gasteiger partial charge in [-0.05, 0) is 25.7 Å². The fourth-order valence-corrected chi connectivity index (χ4v) is 3.18. The van der Waals surface area contributed by atoms with E-state index in [0.717, 1.165) is 18.6 Å². The van der Waals surface area contributed by atoms with E-state index in [1.54, 1.807) is 0 Å². The molecule has 2 heteroatoms. The molecular formula is C18H35NO. The van der Waals surface area contributed by atoms with Crippen LogP contribution in [0.4, 0.5) is 0 Å². The van der Waals surface area contributed by atoms with Crippen molar-refractivity contribution in [3.05, 3.63) is 0 Å². The summed E-state index contributed by atoms with van der Waals surface area (Å²) >= 11 is 0. The Labute approximate surface area is 126 Å². The number of hydrogen-bond acceptors (Lipinski definition) is 2. The van der Waals surface area contributed by atoms with Gasteiger partial charge in [0.05, 0.1) is 5.71 Å². The second-order valence-electron chi connectivity index (χ2n) is 6.47. The van der Waals surface area contributed by atoms with Gasteiger partial charge in [0.1, 0.15) is 0 Å². The van der Waals surface area contributed by atoms with Crippen molar-refractivity contribution in [2.24, 2.45) is 5.16 Å². The molecule has 0 bridgehead atoms. The number of hydrogen-bond donors (Lipinski definition) is 1. The fourth-order valence-electron chi connectivity index (χ4n) is 3.18. The molecule has 0 saturated heterocycles. The zero-order valence-electron chi connectivity index (χ0n) is 13.4. The molecule has 0 unspecified atom stereocenters. The van der Waals surface area contributed by atoms with E-state index < -0.39 is 0 Å². The van der Waals surface area contributed by atoms with E-state index in [1.165, 1.54) is 96.3 Å². The summed E-state index contributed by atoms with van der Waals surface area (Å²) in [5.41, 5.74) is 1.02. The van der Waals surface area contributed by atoms with Crippen LogP contribution in [0, 0.1) is 0 Å². The molecule has 2 aliphatic rings. The lowest BCUT2D eigenvalue weighted by Gasteiger charge is -2.07.